The number of aliphatic hydroxyl groups is 1. The molecule has 0 aliphatic carbocycles. The van der Waals surface area contributed by atoms with Gasteiger partial charge in [0.2, 0.25) is 0 Å². The first kappa shape index (κ1) is 16.8. The van der Waals surface area contributed by atoms with Crippen LogP contribution in [0, 0.1) is 0 Å². The SMILES string of the molecule is CC(CCCO)NC(=O)N1CCN(c2ccc(Cl)cn2)CC1. The number of hydrogen-bond acceptors (Lipinski definition) is 4. The van der Waals surface area contributed by atoms with Crippen LogP contribution in [0.5, 0.6) is 0 Å². The zero-order chi connectivity index (χ0) is 15.9. The molecule has 122 valence electrons. The highest BCUT2D eigenvalue weighted by molar-refractivity contribution is 6.30. The Morgan fingerprint density at radius 3 is 2.73 bits per heavy atom. The van der Waals surface area contributed by atoms with Crippen LogP contribution >= 0.6 is 11.6 Å². The fraction of sp³-hybridized carbons (Fsp3) is 0.600. The van der Waals surface area contributed by atoms with E-state index in [4.69, 9.17) is 16.7 Å². The monoisotopic (exact) mass is 326 g/mol. The van der Waals surface area contributed by atoms with Gasteiger partial charge in [-0.3, -0.25) is 0 Å². The average Bonchev–Trinajstić information content (AvgIpc) is 2.54. The Hall–Kier alpha value is -1.53. The molecule has 2 N–H and O–H groups in total. The molecule has 0 spiro atoms. The predicted octanol–water partition coefficient (Wildman–Crippen LogP) is 1.73. The Bertz CT molecular complexity index is 475. The minimum absolute atomic E-state index is 0.0332. The van der Waals surface area contributed by atoms with Crippen molar-refractivity contribution in [3.05, 3.63) is 23.4 Å². The number of anilines is 1. The molecule has 1 aromatic rings. The lowest BCUT2D eigenvalue weighted by molar-refractivity contribution is 0.189. The maximum Gasteiger partial charge on any atom is 0.317 e. The molecule has 0 saturated carbocycles. The number of halogens is 1. The minimum atomic E-state index is -0.0332. The third-order valence-corrected chi connectivity index (χ3v) is 3.99. The van der Waals surface area contributed by atoms with E-state index in [9.17, 15) is 4.79 Å². The molecule has 0 radical (unpaired) electrons. The van der Waals surface area contributed by atoms with Crippen LogP contribution in [0.4, 0.5) is 10.6 Å². The van der Waals surface area contributed by atoms with Crippen molar-refractivity contribution in [2.24, 2.45) is 0 Å². The first-order chi connectivity index (χ1) is 10.6. The predicted molar refractivity (Wildman–Crippen MR) is 87.3 cm³/mol. The highest BCUT2D eigenvalue weighted by atomic mass is 35.5. The number of amides is 2. The second-order valence-electron chi connectivity index (χ2n) is 5.53. The van der Waals surface area contributed by atoms with E-state index < -0.39 is 0 Å². The lowest BCUT2D eigenvalue weighted by atomic mass is 10.2. The van der Waals surface area contributed by atoms with E-state index in [1.54, 1.807) is 6.20 Å². The number of urea groups is 1. The number of nitrogens with one attached hydrogen (secondary N) is 1. The summed E-state index contributed by atoms with van der Waals surface area (Å²) in [6, 6.07) is 3.77. The first-order valence-electron chi connectivity index (χ1n) is 7.63. The van der Waals surface area contributed by atoms with Gasteiger partial charge in [-0.05, 0) is 31.9 Å². The Balaban J connectivity index is 1.79. The summed E-state index contributed by atoms with van der Waals surface area (Å²) in [4.78, 5) is 20.4. The Kier molecular flexibility index (Phi) is 6.27. The van der Waals surface area contributed by atoms with Crippen molar-refractivity contribution in [1.29, 1.82) is 0 Å². The number of piperazine rings is 1. The van der Waals surface area contributed by atoms with E-state index in [1.165, 1.54) is 0 Å². The van der Waals surface area contributed by atoms with Crippen LogP contribution in [0.25, 0.3) is 0 Å². The molecule has 1 aliphatic rings. The van der Waals surface area contributed by atoms with E-state index in [0.29, 0.717) is 24.5 Å². The molecule has 7 heteroatoms. The molecule has 2 rings (SSSR count). The Morgan fingerprint density at radius 1 is 1.41 bits per heavy atom. The third-order valence-electron chi connectivity index (χ3n) is 3.77. The van der Waals surface area contributed by atoms with E-state index in [0.717, 1.165) is 25.3 Å². The number of carbonyl (C=O) groups is 1. The maximum atomic E-state index is 12.2. The van der Waals surface area contributed by atoms with Crippen LogP contribution < -0.4 is 10.2 Å². The lowest BCUT2D eigenvalue weighted by Gasteiger charge is -2.35. The molecule has 1 fully saturated rings. The molecule has 22 heavy (non-hydrogen) atoms. The van der Waals surface area contributed by atoms with E-state index >= 15 is 0 Å². The van der Waals surface area contributed by atoms with E-state index in [1.807, 2.05) is 24.0 Å². The van der Waals surface area contributed by atoms with Gasteiger partial charge < -0.3 is 20.2 Å². The topological polar surface area (TPSA) is 68.7 Å². The van der Waals surface area contributed by atoms with Gasteiger partial charge in [0.05, 0.1) is 5.02 Å². The third kappa shape index (κ3) is 4.74. The zero-order valence-electron chi connectivity index (χ0n) is 12.8. The molecule has 1 unspecified atom stereocenters. The number of hydrogen-bond donors (Lipinski definition) is 2. The summed E-state index contributed by atoms with van der Waals surface area (Å²) < 4.78 is 0. The van der Waals surface area contributed by atoms with Gasteiger partial charge in [-0.1, -0.05) is 11.6 Å². The molecule has 6 nitrogen and oxygen atoms in total. The maximum absolute atomic E-state index is 12.2. The van der Waals surface area contributed by atoms with Crippen molar-refractivity contribution in [3.63, 3.8) is 0 Å². The molecule has 2 amide bonds. The molecule has 1 saturated heterocycles. The van der Waals surface area contributed by atoms with Gasteiger partial charge in [0, 0.05) is 45.0 Å². The van der Waals surface area contributed by atoms with Gasteiger partial charge in [-0.25, -0.2) is 9.78 Å². The normalized spacial score (nSPS) is 16.5. The molecule has 1 aliphatic heterocycles. The summed E-state index contributed by atoms with van der Waals surface area (Å²) in [5, 5.41) is 12.4. The number of pyridine rings is 1. The second-order valence-corrected chi connectivity index (χ2v) is 5.96. The smallest absolute Gasteiger partial charge is 0.317 e. The number of rotatable bonds is 5. The summed E-state index contributed by atoms with van der Waals surface area (Å²) in [7, 11) is 0. The number of aliphatic hydroxyl groups excluding tert-OH is 1. The van der Waals surface area contributed by atoms with Gasteiger partial charge in [0.25, 0.3) is 0 Å². The highest BCUT2D eigenvalue weighted by Gasteiger charge is 2.22. The van der Waals surface area contributed by atoms with Gasteiger partial charge in [-0.15, -0.1) is 0 Å². The Morgan fingerprint density at radius 2 is 2.14 bits per heavy atom. The highest BCUT2D eigenvalue weighted by Crippen LogP contribution is 2.16. The van der Waals surface area contributed by atoms with Gasteiger partial charge in [0.15, 0.2) is 0 Å². The molecule has 1 aromatic heterocycles. The largest absolute Gasteiger partial charge is 0.396 e. The van der Waals surface area contributed by atoms with Crippen LogP contribution in [0.3, 0.4) is 0 Å². The van der Waals surface area contributed by atoms with Crippen LogP contribution in [-0.2, 0) is 0 Å². The van der Waals surface area contributed by atoms with Gasteiger partial charge in [0.1, 0.15) is 5.82 Å². The fourth-order valence-electron chi connectivity index (χ4n) is 2.47. The average molecular weight is 327 g/mol. The van der Waals surface area contributed by atoms with Crippen molar-refractivity contribution < 1.29 is 9.90 Å². The lowest BCUT2D eigenvalue weighted by Crippen LogP contribution is -2.53. The molecule has 2 heterocycles. The van der Waals surface area contributed by atoms with E-state index in [-0.39, 0.29) is 18.7 Å². The van der Waals surface area contributed by atoms with Crippen LogP contribution in [0.2, 0.25) is 5.02 Å². The molecule has 0 bridgehead atoms. The quantitative estimate of drug-likeness (QED) is 0.864. The molecule has 1 atom stereocenters. The summed E-state index contributed by atoms with van der Waals surface area (Å²) in [6.07, 6.45) is 3.13. The molecule has 0 aromatic carbocycles. The minimum Gasteiger partial charge on any atom is -0.396 e. The van der Waals surface area contributed by atoms with Crippen molar-refractivity contribution in [2.45, 2.75) is 25.8 Å². The molecular weight excluding hydrogens is 304 g/mol. The van der Waals surface area contributed by atoms with E-state index in [2.05, 4.69) is 15.2 Å². The van der Waals surface area contributed by atoms with Gasteiger partial charge >= 0.3 is 6.03 Å². The first-order valence-corrected chi connectivity index (χ1v) is 8.00. The number of aromatic nitrogens is 1. The standard InChI is InChI=1S/C15H23ClN4O2/c1-12(3-2-10-21)18-15(22)20-8-6-19(7-9-20)14-5-4-13(16)11-17-14/h4-5,11-12,21H,2-3,6-10H2,1H3,(H,18,22). The summed E-state index contributed by atoms with van der Waals surface area (Å²) in [6.45, 7) is 4.97. The van der Waals surface area contributed by atoms with Crippen molar-refractivity contribution in [3.8, 4) is 0 Å². The zero-order valence-corrected chi connectivity index (χ0v) is 13.6. The van der Waals surface area contributed by atoms with Crippen LogP contribution in [0.1, 0.15) is 19.8 Å². The second kappa shape index (κ2) is 8.19. The fourth-order valence-corrected chi connectivity index (χ4v) is 2.58. The van der Waals surface area contributed by atoms with Crippen molar-refractivity contribution in [1.82, 2.24) is 15.2 Å². The number of carbonyl (C=O) groups excluding carboxylic acids is 1. The Labute approximate surface area is 136 Å². The van der Waals surface area contributed by atoms with Gasteiger partial charge in [-0.2, -0.15) is 0 Å². The molecular formula is C15H23ClN4O2. The summed E-state index contributed by atoms with van der Waals surface area (Å²) >= 11 is 5.84. The van der Waals surface area contributed by atoms with Crippen LogP contribution in [0.15, 0.2) is 18.3 Å². The van der Waals surface area contributed by atoms with Crippen molar-refractivity contribution in [2.75, 3.05) is 37.7 Å². The summed E-state index contributed by atoms with van der Waals surface area (Å²) in [5.74, 6) is 0.890. The van der Waals surface area contributed by atoms with Crippen molar-refractivity contribution >= 4 is 23.4 Å². The number of nitrogens with zero attached hydrogens (tertiary/aromatic N) is 3. The van der Waals surface area contributed by atoms with Crippen LogP contribution in [-0.4, -0.2) is 59.8 Å². The summed E-state index contributed by atoms with van der Waals surface area (Å²) in [5.41, 5.74) is 0.